The fourth-order valence-electron chi connectivity index (χ4n) is 2.87. The summed E-state index contributed by atoms with van der Waals surface area (Å²) in [6.07, 6.45) is 0. The molecule has 0 saturated carbocycles. The number of carbonyl (C=O) groups is 3. The summed E-state index contributed by atoms with van der Waals surface area (Å²) in [7, 11) is 0. The molecule has 0 bridgehead atoms. The molecule has 27 heavy (non-hydrogen) atoms. The van der Waals surface area contributed by atoms with Crippen molar-refractivity contribution >= 4 is 17.8 Å². The molecule has 1 aliphatic heterocycles. The molecular weight excluding hydrogens is 349 g/mol. The Morgan fingerprint density at radius 1 is 0.778 bits per heavy atom. The first-order valence-electron chi connectivity index (χ1n) is 8.11. The van der Waals surface area contributed by atoms with Gasteiger partial charge in [-0.15, -0.1) is 0 Å². The third kappa shape index (κ3) is 2.87. The van der Waals surface area contributed by atoms with Crippen molar-refractivity contribution in [3.63, 3.8) is 0 Å². The maximum atomic E-state index is 14.4. The van der Waals surface area contributed by atoms with Crippen molar-refractivity contribution in [3.8, 4) is 11.1 Å². The summed E-state index contributed by atoms with van der Waals surface area (Å²) in [6.45, 7) is 0. The zero-order valence-corrected chi connectivity index (χ0v) is 13.9. The predicted octanol–water partition coefficient (Wildman–Crippen LogP) is 3.86. The van der Waals surface area contributed by atoms with Crippen molar-refractivity contribution in [1.82, 2.24) is 5.06 Å². The fourth-order valence-corrected chi connectivity index (χ4v) is 2.87. The van der Waals surface area contributed by atoms with Crippen molar-refractivity contribution in [3.05, 3.63) is 95.3 Å². The minimum atomic E-state index is -1.12. The van der Waals surface area contributed by atoms with Crippen molar-refractivity contribution in [1.29, 1.82) is 0 Å². The number of fused-ring (bicyclic) bond motifs is 1. The zero-order chi connectivity index (χ0) is 19.0. The van der Waals surface area contributed by atoms with Crippen LogP contribution < -0.4 is 0 Å². The van der Waals surface area contributed by atoms with Gasteiger partial charge in [0, 0.05) is 0 Å². The molecule has 0 aromatic heterocycles. The van der Waals surface area contributed by atoms with E-state index >= 15 is 0 Å². The van der Waals surface area contributed by atoms with E-state index in [4.69, 9.17) is 4.84 Å². The molecule has 0 radical (unpaired) electrons. The molecule has 6 heteroatoms. The van der Waals surface area contributed by atoms with Crippen LogP contribution in [-0.2, 0) is 4.84 Å². The average Bonchev–Trinajstić information content (AvgIpc) is 2.93. The van der Waals surface area contributed by atoms with Crippen LogP contribution in [0, 0.1) is 5.82 Å². The number of amides is 2. The molecule has 0 saturated heterocycles. The first-order chi connectivity index (χ1) is 13.1. The lowest BCUT2D eigenvalue weighted by Crippen LogP contribution is -2.33. The van der Waals surface area contributed by atoms with Gasteiger partial charge >= 0.3 is 5.97 Å². The normalized spacial score (nSPS) is 12.9. The minimum Gasteiger partial charge on any atom is -0.324 e. The highest BCUT2D eigenvalue weighted by Crippen LogP contribution is 2.25. The molecule has 3 aromatic rings. The Labute approximate surface area is 153 Å². The fraction of sp³-hybridized carbons (Fsp3) is 0. The molecule has 0 fully saturated rings. The number of hydroxylamine groups is 2. The second-order valence-electron chi connectivity index (χ2n) is 5.89. The van der Waals surface area contributed by atoms with E-state index in [-0.39, 0.29) is 16.7 Å². The Balaban J connectivity index is 1.58. The number of benzene rings is 3. The molecule has 132 valence electrons. The lowest BCUT2D eigenvalue weighted by atomic mass is 10.0. The Morgan fingerprint density at radius 3 is 1.96 bits per heavy atom. The lowest BCUT2D eigenvalue weighted by Gasteiger charge is -2.13. The van der Waals surface area contributed by atoms with E-state index < -0.39 is 23.6 Å². The monoisotopic (exact) mass is 361 g/mol. The molecule has 0 N–H and O–H groups in total. The number of hydrogen-bond acceptors (Lipinski definition) is 4. The van der Waals surface area contributed by atoms with E-state index in [1.54, 1.807) is 18.2 Å². The molecule has 5 nitrogen and oxygen atoms in total. The summed E-state index contributed by atoms with van der Waals surface area (Å²) in [6, 6.07) is 19.2. The summed E-state index contributed by atoms with van der Waals surface area (Å²) in [4.78, 5) is 41.7. The third-order valence-electron chi connectivity index (χ3n) is 4.23. The summed E-state index contributed by atoms with van der Waals surface area (Å²) in [5.74, 6) is -3.45. The predicted molar refractivity (Wildman–Crippen MR) is 94.2 cm³/mol. The third-order valence-corrected chi connectivity index (χ3v) is 4.23. The van der Waals surface area contributed by atoms with E-state index in [0.717, 1.165) is 5.56 Å². The van der Waals surface area contributed by atoms with Gasteiger partial charge in [-0.1, -0.05) is 53.6 Å². The Bertz CT molecular complexity index is 1040. The Morgan fingerprint density at radius 2 is 1.37 bits per heavy atom. The number of carbonyl (C=O) groups excluding carboxylic acids is 3. The summed E-state index contributed by atoms with van der Waals surface area (Å²) in [5, 5.41) is 0.359. The second-order valence-corrected chi connectivity index (χ2v) is 5.89. The van der Waals surface area contributed by atoms with Gasteiger partial charge in [-0.05, 0) is 35.4 Å². The van der Waals surface area contributed by atoms with Gasteiger partial charge in [0.2, 0.25) is 0 Å². The maximum Gasteiger partial charge on any atom is 0.366 e. The quantitative estimate of drug-likeness (QED) is 0.665. The van der Waals surface area contributed by atoms with Crippen LogP contribution in [0.3, 0.4) is 0 Å². The van der Waals surface area contributed by atoms with Gasteiger partial charge in [-0.2, -0.15) is 0 Å². The first-order valence-corrected chi connectivity index (χ1v) is 8.11. The number of hydrogen-bond donors (Lipinski definition) is 0. The summed E-state index contributed by atoms with van der Waals surface area (Å²) >= 11 is 0. The maximum absolute atomic E-state index is 14.4. The van der Waals surface area contributed by atoms with Gasteiger partial charge in [0.25, 0.3) is 11.8 Å². The number of imide groups is 1. The summed E-state index contributed by atoms with van der Waals surface area (Å²) in [5.41, 5.74) is 1.28. The van der Waals surface area contributed by atoms with Crippen LogP contribution in [0.1, 0.15) is 31.1 Å². The van der Waals surface area contributed by atoms with Crippen LogP contribution in [0.5, 0.6) is 0 Å². The van der Waals surface area contributed by atoms with Crippen molar-refractivity contribution in [2.24, 2.45) is 0 Å². The van der Waals surface area contributed by atoms with Gasteiger partial charge in [0.1, 0.15) is 5.82 Å². The molecule has 3 aromatic carbocycles. The van der Waals surface area contributed by atoms with E-state index in [9.17, 15) is 18.8 Å². The Hall–Kier alpha value is -3.80. The van der Waals surface area contributed by atoms with E-state index in [1.165, 1.54) is 24.3 Å². The van der Waals surface area contributed by atoms with Crippen LogP contribution in [0.2, 0.25) is 0 Å². The van der Waals surface area contributed by atoms with Gasteiger partial charge in [-0.3, -0.25) is 9.59 Å². The molecule has 0 spiro atoms. The molecule has 1 heterocycles. The highest BCUT2D eigenvalue weighted by molar-refractivity contribution is 6.21. The zero-order valence-electron chi connectivity index (χ0n) is 13.9. The van der Waals surface area contributed by atoms with Crippen LogP contribution in [0.15, 0.2) is 72.8 Å². The standard InChI is InChI=1S/C21H12FNO4/c22-18-12-14(13-6-2-1-3-7-13)10-11-17(18)21(26)27-23-19(24)15-8-4-5-9-16(15)20(23)25/h1-12H. The van der Waals surface area contributed by atoms with Gasteiger partial charge in [0.05, 0.1) is 16.7 Å². The molecular formula is C21H12FNO4. The van der Waals surface area contributed by atoms with Gasteiger partial charge in [-0.25, -0.2) is 9.18 Å². The van der Waals surface area contributed by atoms with Gasteiger partial charge in [0.15, 0.2) is 0 Å². The molecule has 1 aliphatic rings. The van der Waals surface area contributed by atoms with Crippen molar-refractivity contribution in [2.75, 3.05) is 0 Å². The summed E-state index contributed by atoms with van der Waals surface area (Å²) < 4.78 is 14.4. The highest BCUT2D eigenvalue weighted by atomic mass is 19.1. The molecule has 4 rings (SSSR count). The van der Waals surface area contributed by atoms with Crippen LogP contribution in [-0.4, -0.2) is 22.8 Å². The topological polar surface area (TPSA) is 63.7 Å². The lowest BCUT2D eigenvalue weighted by molar-refractivity contribution is -0.0587. The molecule has 0 aliphatic carbocycles. The minimum absolute atomic E-state index is 0.134. The van der Waals surface area contributed by atoms with Crippen molar-refractivity contribution < 1.29 is 23.6 Å². The number of nitrogens with zero attached hydrogens (tertiary/aromatic N) is 1. The molecule has 0 unspecified atom stereocenters. The molecule has 0 atom stereocenters. The van der Waals surface area contributed by atoms with Crippen LogP contribution >= 0.6 is 0 Å². The van der Waals surface area contributed by atoms with Crippen LogP contribution in [0.4, 0.5) is 4.39 Å². The largest absolute Gasteiger partial charge is 0.366 e. The number of rotatable bonds is 3. The van der Waals surface area contributed by atoms with Crippen molar-refractivity contribution in [2.45, 2.75) is 0 Å². The second kappa shape index (κ2) is 6.49. The van der Waals surface area contributed by atoms with Crippen LogP contribution in [0.25, 0.3) is 11.1 Å². The van der Waals surface area contributed by atoms with E-state index in [0.29, 0.717) is 10.6 Å². The average molecular weight is 361 g/mol. The smallest absolute Gasteiger partial charge is 0.324 e. The highest BCUT2D eigenvalue weighted by Gasteiger charge is 2.39. The van der Waals surface area contributed by atoms with E-state index in [2.05, 4.69) is 0 Å². The Kier molecular flexibility index (Phi) is 4.01. The molecule has 2 amide bonds. The van der Waals surface area contributed by atoms with E-state index in [1.807, 2.05) is 30.3 Å². The first kappa shape index (κ1) is 16.7. The SMILES string of the molecule is O=C(ON1C(=O)c2ccccc2C1=O)c1ccc(-c2ccccc2)cc1F. The number of halogens is 1. The van der Waals surface area contributed by atoms with Gasteiger partial charge < -0.3 is 4.84 Å².